The molecule has 0 aliphatic heterocycles. The van der Waals surface area contributed by atoms with Crippen LogP contribution in [0.1, 0.15) is 52.4 Å². The van der Waals surface area contributed by atoms with E-state index in [9.17, 15) is 9.90 Å². The Morgan fingerprint density at radius 1 is 1.21 bits per heavy atom. The van der Waals surface area contributed by atoms with Crippen molar-refractivity contribution in [3.8, 4) is 0 Å². The first-order valence-electron chi connectivity index (χ1n) is 7.79. The Morgan fingerprint density at radius 3 is 2.32 bits per heavy atom. The molecule has 2 aliphatic rings. The van der Waals surface area contributed by atoms with Crippen molar-refractivity contribution in [2.24, 2.45) is 5.92 Å². The largest absolute Gasteiger partial charge is 0.480 e. The Labute approximate surface area is 116 Å². The second-order valence-corrected chi connectivity index (χ2v) is 6.62. The standard InChI is InChI=1S/C15H28N2O2/c1-11(2)9-17(13-5-3-4-6-13)10-14(15(18)19)16-12-7-8-12/h11-14,16H,3-10H2,1-2H3,(H,18,19). The highest BCUT2D eigenvalue weighted by Crippen LogP contribution is 2.25. The van der Waals surface area contributed by atoms with Crippen LogP contribution in [0.25, 0.3) is 0 Å². The quantitative estimate of drug-likeness (QED) is 0.708. The zero-order valence-corrected chi connectivity index (χ0v) is 12.3. The van der Waals surface area contributed by atoms with Gasteiger partial charge >= 0.3 is 5.97 Å². The fourth-order valence-electron chi connectivity index (χ4n) is 3.08. The summed E-state index contributed by atoms with van der Waals surface area (Å²) in [6, 6.07) is 0.655. The molecule has 0 heterocycles. The highest BCUT2D eigenvalue weighted by Gasteiger charge is 2.32. The smallest absolute Gasteiger partial charge is 0.322 e. The van der Waals surface area contributed by atoms with Crippen LogP contribution in [0.5, 0.6) is 0 Å². The van der Waals surface area contributed by atoms with Crippen molar-refractivity contribution in [3.05, 3.63) is 0 Å². The van der Waals surface area contributed by atoms with Crippen LogP contribution in [0.15, 0.2) is 0 Å². The van der Waals surface area contributed by atoms with Crippen molar-refractivity contribution in [2.45, 2.75) is 70.5 Å². The Morgan fingerprint density at radius 2 is 1.84 bits per heavy atom. The van der Waals surface area contributed by atoms with Gasteiger partial charge < -0.3 is 10.4 Å². The maximum Gasteiger partial charge on any atom is 0.322 e. The van der Waals surface area contributed by atoms with Crippen molar-refractivity contribution in [1.82, 2.24) is 10.2 Å². The molecule has 0 aromatic heterocycles. The molecular weight excluding hydrogens is 240 g/mol. The summed E-state index contributed by atoms with van der Waals surface area (Å²) in [6.45, 7) is 6.10. The van der Waals surface area contributed by atoms with E-state index in [0.717, 1.165) is 19.4 Å². The third-order valence-electron chi connectivity index (χ3n) is 4.17. The van der Waals surface area contributed by atoms with Gasteiger partial charge in [-0.25, -0.2) is 0 Å². The summed E-state index contributed by atoms with van der Waals surface area (Å²) in [4.78, 5) is 13.8. The van der Waals surface area contributed by atoms with Crippen LogP contribution in [0.3, 0.4) is 0 Å². The molecule has 2 rings (SSSR count). The number of aliphatic carboxylic acids is 1. The van der Waals surface area contributed by atoms with Crippen molar-refractivity contribution in [1.29, 1.82) is 0 Å². The molecule has 1 unspecified atom stereocenters. The summed E-state index contributed by atoms with van der Waals surface area (Å²) < 4.78 is 0. The summed E-state index contributed by atoms with van der Waals surface area (Å²) in [5.74, 6) is -0.102. The number of carbonyl (C=O) groups is 1. The number of hydrogen-bond donors (Lipinski definition) is 2. The van der Waals surface area contributed by atoms with E-state index >= 15 is 0 Å². The molecule has 1 atom stereocenters. The lowest BCUT2D eigenvalue weighted by Gasteiger charge is -2.32. The first-order valence-corrected chi connectivity index (χ1v) is 7.79. The monoisotopic (exact) mass is 268 g/mol. The Bertz CT molecular complexity index is 297. The molecule has 0 spiro atoms. The van der Waals surface area contributed by atoms with Crippen molar-refractivity contribution in [2.75, 3.05) is 13.1 Å². The Kier molecular flexibility index (Phi) is 5.22. The highest BCUT2D eigenvalue weighted by molar-refractivity contribution is 5.73. The fraction of sp³-hybridized carbons (Fsp3) is 0.933. The zero-order valence-electron chi connectivity index (χ0n) is 12.3. The third kappa shape index (κ3) is 4.77. The SMILES string of the molecule is CC(C)CN(CC(NC1CC1)C(=O)O)C1CCCC1. The van der Waals surface area contributed by atoms with E-state index in [1.807, 2.05) is 0 Å². The van der Waals surface area contributed by atoms with Gasteiger partial charge in [0.15, 0.2) is 0 Å². The average molecular weight is 268 g/mol. The van der Waals surface area contributed by atoms with Gasteiger partial charge in [0.2, 0.25) is 0 Å². The molecule has 19 heavy (non-hydrogen) atoms. The summed E-state index contributed by atoms with van der Waals surface area (Å²) >= 11 is 0. The lowest BCUT2D eigenvalue weighted by atomic mass is 10.1. The summed E-state index contributed by atoms with van der Waals surface area (Å²) in [7, 11) is 0. The molecule has 0 radical (unpaired) electrons. The summed E-state index contributed by atoms with van der Waals surface area (Å²) in [5, 5.41) is 12.7. The van der Waals surface area contributed by atoms with Crippen LogP contribution < -0.4 is 5.32 Å². The zero-order chi connectivity index (χ0) is 13.8. The van der Waals surface area contributed by atoms with Crippen LogP contribution in [0.2, 0.25) is 0 Å². The summed E-state index contributed by atoms with van der Waals surface area (Å²) in [6.07, 6.45) is 7.35. The number of rotatable bonds is 8. The van der Waals surface area contributed by atoms with Gasteiger partial charge in [-0.05, 0) is 31.6 Å². The molecule has 0 aromatic carbocycles. The first-order chi connectivity index (χ1) is 9.06. The molecule has 110 valence electrons. The van der Waals surface area contributed by atoms with E-state index in [-0.39, 0.29) is 0 Å². The van der Waals surface area contributed by atoms with Gasteiger partial charge in [0.05, 0.1) is 0 Å². The number of carboxylic acids is 1. The van der Waals surface area contributed by atoms with Gasteiger partial charge in [-0.1, -0.05) is 26.7 Å². The Balaban J connectivity index is 1.92. The van der Waals surface area contributed by atoms with Crippen LogP contribution in [0, 0.1) is 5.92 Å². The molecule has 2 fully saturated rings. The maximum atomic E-state index is 11.4. The maximum absolute atomic E-state index is 11.4. The molecule has 4 heteroatoms. The predicted octanol–water partition coefficient (Wildman–Crippen LogP) is 2.09. The number of carboxylic acid groups (broad SMARTS) is 1. The number of nitrogens with one attached hydrogen (secondary N) is 1. The lowest BCUT2D eigenvalue weighted by molar-refractivity contribution is -0.140. The molecule has 2 N–H and O–H groups in total. The van der Waals surface area contributed by atoms with Crippen molar-refractivity contribution >= 4 is 5.97 Å². The molecule has 0 aromatic rings. The van der Waals surface area contributed by atoms with E-state index in [0.29, 0.717) is 24.5 Å². The van der Waals surface area contributed by atoms with Crippen LogP contribution in [-0.4, -0.2) is 47.2 Å². The second kappa shape index (κ2) is 6.71. The van der Waals surface area contributed by atoms with Gasteiger partial charge in [-0.2, -0.15) is 0 Å². The molecule has 2 saturated carbocycles. The van der Waals surface area contributed by atoms with Gasteiger partial charge in [0.25, 0.3) is 0 Å². The second-order valence-electron chi connectivity index (χ2n) is 6.62. The molecule has 2 aliphatic carbocycles. The van der Waals surface area contributed by atoms with Crippen LogP contribution in [-0.2, 0) is 4.79 Å². The van der Waals surface area contributed by atoms with E-state index in [1.54, 1.807) is 0 Å². The molecular formula is C15H28N2O2. The van der Waals surface area contributed by atoms with Gasteiger partial charge in [-0.3, -0.25) is 9.69 Å². The number of nitrogens with zero attached hydrogens (tertiary/aromatic N) is 1. The van der Waals surface area contributed by atoms with E-state index in [4.69, 9.17) is 0 Å². The summed E-state index contributed by atoms with van der Waals surface area (Å²) in [5.41, 5.74) is 0. The third-order valence-corrected chi connectivity index (χ3v) is 4.17. The molecule has 0 saturated heterocycles. The molecule has 4 nitrogen and oxygen atoms in total. The van der Waals surface area contributed by atoms with Crippen LogP contribution >= 0.6 is 0 Å². The minimum Gasteiger partial charge on any atom is -0.480 e. The first kappa shape index (κ1) is 14.8. The highest BCUT2D eigenvalue weighted by atomic mass is 16.4. The topological polar surface area (TPSA) is 52.6 Å². The minimum atomic E-state index is -0.696. The van der Waals surface area contributed by atoms with E-state index in [2.05, 4.69) is 24.1 Å². The molecule has 0 bridgehead atoms. The Hall–Kier alpha value is -0.610. The average Bonchev–Trinajstić information content (AvgIpc) is 2.98. The minimum absolute atomic E-state index is 0.396. The van der Waals surface area contributed by atoms with Gasteiger partial charge in [0.1, 0.15) is 6.04 Å². The number of hydrogen-bond acceptors (Lipinski definition) is 3. The van der Waals surface area contributed by atoms with Gasteiger partial charge in [0, 0.05) is 25.2 Å². The van der Waals surface area contributed by atoms with Gasteiger partial charge in [-0.15, -0.1) is 0 Å². The fourth-order valence-corrected chi connectivity index (χ4v) is 3.08. The normalized spacial score (nSPS) is 22.3. The van der Waals surface area contributed by atoms with Crippen LogP contribution in [0.4, 0.5) is 0 Å². The van der Waals surface area contributed by atoms with Crippen molar-refractivity contribution in [3.63, 3.8) is 0 Å². The molecule has 0 amide bonds. The van der Waals surface area contributed by atoms with Crippen molar-refractivity contribution < 1.29 is 9.90 Å². The van der Waals surface area contributed by atoms with E-state index < -0.39 is 12.0 Å². The lowest BCUT2D eigenvalue weighted by Crippen LogP contribution is -2.50. The van der Waals surface area contributed by atoms with E-state index in [1.165, 1.54) is 25.7 Å². The predicted molar refractivity (Wildman–Crippen MR) is 76.2 cm³/mol.